The van der Waals surface area contributed by atoms with Gasteiger partial charge >= 0.3 is 0 Å². The second kappa shape index (κ2) is 7.18. The molecule has 2 aromatic heterocycles. The third-order valence-corrected chi connectivity index (χ3v) is 3.88. The van der Waals surface area contributed by atoms with Crippen LogP contribution in [0.25, 0.3) is 0 Å². The van der Waals surface area contributed by atoms with Crippen LogP contribution in [-0.4, -0.2) is 21.8 Å². The maximum Gasteiger partial charge on any atom is 0.293 e. The van der Waals surface area contributed by atoms with E-state index in [1.165, 1.54) is 12.6 Å². The van der Waals surface area contributed by atoms with Crippen LogP contribution in [0.5, 0.6) is 0 Å². The van der Waals surface area contributed by atoms with E-state index >= 15 is 0 Å². The van der Waals surface area contributed by atoms with Gasteiger partial charge in [0.25, 0.3) is 11.8 Å². The number of nitrogens with zero attached hydrogens (tertiary/aromatic N) is 2. The molecule has 2 N–H and O–H groups in total. The molecule has 3 aromatic rings. The van der Waals surface area contributed by atoms with Crippen molar-refractivity contribution in [3.8, 4) is 0 Å². The summed E-state index contributed by atoms with van der Waals surface area (Å²) in [6.07, 6.45) is 2.51. The Morgan fingerprint density at radius 1 is 0.962 bits per heavy atom. The molecule has 0 bridgehead atoms. The zero-order chi connectivity index (χ0) is 18.7. The van der Waals surface area contributed by atoms with E-state index in [1.807, 2.05) is 32.9 Å². The average molecular weight is 350 g/mol. The van der Waals surface area contributed by atoms with E-state index in [0.717, 1.165) is 17.0 Å². The van der Waals surface area contributed by atoms with Gasteiger partial charge in [0.2, 0.25) is 5.76 Å². The van der Waals surface area contributed by atoms with Crippen molar-refractivity contribution in [1.82, 2.24) is 9.97 Å². The molecule has 0 radical (unpaired) electrons. The zero-order valence-electron chi connectivity index (χ0n) is 14.7. The van der Waals surface area contributed by atoms with Crippen LogP contribution in [0.4, 0.5) is 11.4 Å². The second-order valence-electron chi connectivity index (χ2n) is 5.89. The lowest BCUT2D eigenvalue weighted by Gasteiger charge is -2.11. The lowest BCUT2D eigenvalue weighted by atomic mass is 10.1. The molecule has 3 rings (SSSR count). The number of anilines is 2. The van der Waals surface area contributed by atoms with Gasteiger partial charge < -0.3 is 15.1 Å². The van der Waals surface area contributed by atoms with Gasteiger partial charge in [-0.05, 0) is 50.6 Å². The summed E-state index contributed by atoms with van der Waals surface area (Å²) >= 11 is 0. The molecule has 0 aliphatic heterocycles. The van der Waals surface area contributed by atoms with E-state index in [1.54, 1.807) is 18.2 Å². The minimum Gasteiger partial charge on any atom is -0.438 e. The van der Waals surface area contributed by atoms with Crippen LogP contribution in [0.15, 0.2) is 47.3 Å². The number of oxazole rings is 1. The third-order valence-electron chi connectivity index (χ3n) is 3.88. The molecule has 0 unspecified atom stereocenters. The fraction of sp³-hybridized carbons (Fsp3) is 0.158. The zero-order valence-corrected chi connectivity index (χ0v) is 14.7. The number of carbonyl (C=O) groups excluding carboxylic acids is 2. The highest BCUT2D eigenvalue weighted by atomic mass is 16.3. The highest BCUT2D eigenvalue weighted by Crippen LogP contribution is 2.20. The Balaban J connectivity index is 1.80. The van der Waals surface area contributed by atoms with Gasteiger partial charge in [-0.2, -0.15) is 0 Å². The fourth-order valence-corrected chi connectivity index (χ4v) is 2.42. The van der Waals surface area contributed by atoms with Gasteiger partial charge in [-0.15, -0.1) is 0 Å². The van der Waals surface area contributed by atoms with Crippen LogP contribution in [0, 0.1) is 20.8 Å². The van der Waals surface area contributed by atoms with Gasteiger partial charge in [-0.1, -0.05) is 6.07 Å². The van der Waals surface area contributed by atoms with Crippen LogP contribution in [0.3, 0.4) is 0 Å². The topological polar surface area (TPSA) is 97.1 Å². The number of nitrogens with one attached hydrogen (secondary N) is 2. The molecule has 0 aliphatic rings. The smallest absolute Gasteiger partial charge is 0.293 e. The van der Waals surface area contributed by atoms with Crippen LogP contribution < -0.4 is 10.6 Å². The van der Waals surface area contributed by atoms with Crippen LogP contribution in [-0.2, 0) is 0 Å². The number of hydrogen-bond acceptors (Lipinski definition) is 5. The molecule has 1 aromatic carbocycles. The van der Waals surface area contributed by atoms with Crippen molar-refractivity contribution in [2.75, 3.05) is 10.6 Å². The Morgan fingerprint density at radius 2 is 1.73 bits per heavy atom. The standard InChI is InChI=1S/C19H18N4O3/c1-11-4-6-14(8-16(11)23-19(25)17-9-20-10-26-17)18(24)22-15-7-5-12(2)21-13(15)3/h4-10H,1-3H3,(H,22,24)(H,23,25). The van der Waals surface area contributed by atoms with Gasteiger partial charge in [-0.3, -0.25) is 14.6 Å². The number of rotatable bonds is 4. The number of carbonyl (C=O) groups is 2. The molecule has 7 nitrogen and oxygen atoms in total. The first-order chi connectivity index (χ1) is 12.4. The summed E-state index contributed by atoms with van der Waals surface area (Å²) < 4.78 is 4.98. The van der Waals surface area contributed by atoms with E-state index in [0.29, 0.717) is 16.9 Å². The maximum atomic E-state index is 12.5. The quantitative estimate of drug-likeness (QED) is 0.750. The Morgan fingerprint density at radius 3 is 2.42 bits per heavy atom. The van der Waals surface area contributed by atoms with Crippen molar-refractivity contribution in [2.24, 2.45) is 0 Å². The van der Waals surface area contributed by atoms with Gasteiger partial charge in [0, 0.05) is 16.9 Å². The summed E-state index contributed by atoms with van der Waals surface area (Å²) in [5, 5.41) is 5.56. The number of pyridine rings is 1. The van der Waals surface area contributed by atoms with E-state index in [9.17, 15) is 9.59 Å². The van der Waals surface area contributed by atoms with Crippen molar-refractivity contribution >= 4 is 23.2 Å². The molecule has 0 atom stereocenters. The molecule has 132 valence electrons. The van der Waals surface area contributed by atoms with Crippen molar-refractivity contribution in [3.63, 3.8) is 0 Å². The van der Waals surface area contributed by atoms with Crippen molar-refractivity contribution in [2.45, 2.75) is 20.8 Å². The van der Waals surface area contributed by atoms with Gasteiger partial charge in [-0.25, -0.2) is 4.98 Å². The van der Waals surface area contributed by atoms with Crippen LogP contribution in [0.1, 0.15) is 37.9 Å². The molecule has 2 amide bonds. The minimum absolute atomic E-state index is 0.0978. The van der Waals surface area contributed by atoms with E-state index in [2.05, 4.69) is 20.6 Å². The first-order valence-corrected chi connectivity index (χ1v) is 8.00. The summed E-state index contributed by atoms with van der Waals surface area (Å²) in [4.78, 5) is 32.7. The monoisotopic (exact) mass is 350 g/mol. The van der Waals surface area contributed by atoms with Crippen LogP contribution >= 0.6 is 0 Å². The lowest BCUT2D eigenvalue weighted by Crippen LogP contribution is -2.16. The first kappa shape index (κ1) is 17.3. The maximum absolute atomic E-state index is 12.5. The Hall–Kier alpha value is -3.48. The second-order valence-corrected chi connectivity index (χ2v) is 5.89. The largest absolute Gasteiger partial charge is 0.438 e. The highest BCUT2D eigenvalue weighted by Gasteiger charge is 2.14. The molecule has 0 saturated carbocycles. The fourth-order valence-electron chi connectivity index (χ4n) is 2.42. The molecule has 0 spiro atoms. The molecule has 0 saturated heterocycles. The van der Waals surface area contributed by atoms with E-state index < -0.39 is 5.91 Å². The molecule has 0 fully saturated rings. The number of hydrogen-bond donors (Lipinski definition) is 2. The Kier molecular flexibility index (Phi) is 4.79. The minimum atomic E-state index is -0.429. The molecule has 2 heterocycles. The average Bonchev–Trinajstić information content (AvgIpc) is 3.14. The van der Waals surface area contributed by atoms with Crippen LogP contribution in [0.2, 0.25) is 0 Å². The summed E-state index contributed by atoms with van der Waals surface area (Å²) in [5.74, 6) is -0.615. The summed E-state index contributed by atoms with van der Waals surface area (Å²) in [6, 6.07) is 8.74. The number of benzene rings is 1. The highest BCUT2D eigenvalue weighted by molar-refractivity contribution is 6.07. The lowest BCUT2D eigenvalue weighted by molar-refractivity contribution is 0.0993. The summed E-state index contributed by atoms with van der Waals surface area (Å²) in [7, 11) is 0. The van der Waals surface area contributed by atoms with E-state index in [-0.39, 0.29) is 11.7 Å². The molecular weight excluding hydrogens is 332 g/mol. The van der Waals surface area contributed by atoms with Gasteiger partial charge in [0.15, 0.2) is 6.39 Å². The summed E-state index contributed by atoms with van der Waals surface area (Å²) in [5.41, 5.74) is 4.04. The molecule has 7 heteroatoms. The van der Waals surface area contributed by atoms with Crippen molar-refractivity contribution < 1.29 is 14.0 Å². The number of aryl methyl sites for hydroxylation is 3. The first-order valence-electron chi connectivity index (χ1n) is 8.00. The number of aromatic nitrogens is 2. The SMILES string of the molecule is Cc1ccc(NC(=O)c2ccc(C)c(NC(=O)c3cnco3)c2)c(C)n1. The summed E-state index contributed by atoms with van der Waals surface area (Å²) in [6.45, 7) is 5.56. The van der Waals surface area contributed by atoms with E-state index in [4.69, 9.17) is 4.42 Å². The normalized spacial score (nSPS) is 10.4. The molecular formula is C19H18N4O3. The Bertz CT molecular complexity index is 965. The molecule has 0 aliphatic carbocycles. The third kappa shape index (κ3) is 3.77. The van der Waals surface area contributed by atoms with Gasteiger partial charge in [0.1, 0.15) is 0 Å². The predicted molar refractivity (Wildman–Crippen MR) is 97.3 cm³/mol. The van der Waals surface area contributed by atoms with Crippen molar-refractivity contribution in [3.05, 3.63) is 71.2 Å². The van der Waals surface area contributed by atoms with Gasteiger partial charge in [0.05, 0.1) is 17.6 Å². The molecule has 26 heavy (non-hydrogen) atoms. The Labute approximate surface area is 150 Å². The van der Waals surface area contributed by atoms with Crippen molar-refractivity contribution in [1.29, 1.82) is 0 Å². The predicted octanol–water partition coefficient (Wildman–Crippen LogP) is 3.50. The number of amides is 2.